The molecule has 0 N–H and O–H groups in total. The van der Waals surface area contributed by atoms with Crippen LogP contribution in [0, 0.1) is 5.82 Å². The van der Waals surface area contributed by atoms with Crippen LogP contribution in [0.15, 0.2) is 36.4 Å². The zero-order valence-corrected chi connectivity index (χ0v) is 16.0. The first-order chi connectivity index (χ1) is 12.4. The fourth-order valence-corrected chi connectivity index (χ4v) is 3.30. The van der Waals surface area contributed by atoms with Crippen molar-refractivity contribution in [1.29, 1.82) is 0 Å². The number of anilines is 1. The Balaban J connectivity index is 1.52. The average Bonchev–Trinajstić information content (AvgIpc) is 2.64. The SMILES string of the molecule is O=C(COc1cc(Cl)c(Cl)cc1Cl)N1CCN(c2ccc(F)cc2)CC1. The van der Waals surface area contributed by atoms with E-state index in [0.29, 0.717) is 47.0 Å². The van der Waals surface area contributed by atoms with Gasteiger partial charge in [0, 0.05) is 37.9 Å². The van der Waals surface area contributed by atoms with Gasteiger partial charge in [-0.1, -0.05) is 34.8 Å². The number of amides is 1. The summed E-state index contributed by atoms with van der Waals surface area (Å²) in [5, 5.41) is 0.937. The maximum Gasteiger partial charge on any atom is 0.260 e. The van der Waals surface area contributed by atoms with Crippen LogP contribution in [0.1, 0.15) is 0 Å². The lowest BCUT2D eigenvalue weighted by Crippen LogP contribution is -2.50. The second-order valence-corrected chi connectivity index (χ2v) is 7.05. The van der Waals surface area contributed by atoms with E-state index in [2.05, 4.69) is 4.90 Å². The van der Waals surface area contributed by atoms with Gasteiger partial charge in [-0.25, -0.2) is 4.39 Å². The Morgan fingerprint density at radius 2 is 1.58 bits per heavy atom. The number of piperazine rings is 1. The molecule has 0 unspecified atom stereocenters. The summed E-state index contributed by atoms with van der Waals surface area (Å²) < 4.78 is 18.5. The lowest BCUT2D eigenvalue weighted by Gasteiger charge is -2.36. The molecular formula is C18H16Cl3FN2O2. The van der Waals surface area contributed by atoms with E-state index in [9.17, 15) is 9.18 Å². The Morgan fingerprint density at radius 1 is 0.962 bits per heavy atom. The van der Waals surface area contributed by atoms with Gasteiger partial charge in [-0.15, -0.1) is 0 Å². The predicted octanol–water partition coefficient (Wildman–Crippen LogP) is 4.51. The molecule has 4 nitrogen and oxygen atoms in total. The number of nitrogens with zero attached hydrogens (tertiary/aromatic N) is 2. The van der Waals surface area contributed by atoms with Crippen LogP contribution in [-0.2, 0) is 4.79 Å². The third-order valence-corrected chi connectivity index (χ3v) is 5.17. The largest absolute Gasteiger partial charge is 0.482 e. The molecule has 1 heterocycles. The quantitative estimate of drug-likeness (QED) is 0.686. The molecule has 26 heavy (non-hydrogen) atoms. The van der Waals surface area contributed by atoms with Crippen molar-refractivity contribution >= 4 is 46.4 Å². The van der Waals surface area contributed by atoms with Gasteiger partial charge >= 0.3 is 0 Å². The molecule has 0 aromatic heterocycles. The van der Waals surface area contributed by atoms with Gasteiger partial charge in [0.2, 0.25) is 0 Å². The van der Waals surface area contributed by atoms with Crippen LogP contribution in [0.2, 0.25) is 15.1 Å². The van der Waals surface area contributed by atoms with Crippen molar-refractivity contribution in [2.24, 2.45) is 0 Å². The third-order valence-electron chi connectivity index (χ3n) is 4.15. The van der Waals surface area contributed by atoms with Crippen molar-refractivity contribution in [1.82, 2.24) is 4.90 Å². The van der Waals surface area contributed by atoms with Crippen molar-refractivity contribution in [3.63, 3.8) is 0 Å². The molecule has 0 atom stereocenters. The molecule has 0 bridgehead atoms. The number of halogens is 4. The Morgan fingerprint density at radius 3 is 2.23 bits per heavy atom. The highest BCUT2D eigenvalue weighted by atomic mass is 35.5. The van der Waals surface area contributed by atoms with Gasteiger partial charge in [0.05, 0.1) is 15.1 Å². The first kappa shape index (κ1) is 19.1. The van der Waals surface area contributed by atoms with Crippen LogP contribution >= 0.6 is 34.8 Å². The Bertz CT molecular complexity index is 794. The molecule has 8 heteroatoms. The molecule has 0 radical (unpaired) electrons. The Kier molecular flexibility index (Phi) is 6.12. The molecule has 1 aliphatic heterocycles. The van der Waals surface area contributed by atoms with E-state index in [1.54, 1.807) is 17.0 Å². The van der Waals surface area contributed by atoms with Crippen LogP contribution in [0.5, 0.6) is 5.75 Å². The molecule has 2 aromatic rings. The molecule has 3 rings (SSSR count). The molecule has 0 aliphatic carbocycles. The van der Waals surface area contributed by atoms with Crippen LogP contribution in [-0.4, -0.2) is 43.6 Å². The molecule has 1 fully saturated rings. The summed E-state index contributed by atoms with van der Waals surface area (Å²) in [6.45, 7) is 2.34. The molecular weight excluding hydrogens is 402 g/mol. The topological polar surface area (TPSA) is 32.8 Å². The van der Waals surface area contributed by atoms with Gasteiger partial charge in [-0.05, 0) is 30.3 Å². The summed E-state index contributed by atoms with van der Waals surface area (Å²) in [6, 6.07) is 9.31. The summed E-state index contributed by atoms with van der Waals surface area (Å²) in [7, 11) is 0. The van der Waals surface area contributed by atoms with Crippen LogP contribution < -0.4 is 9.64 Å². The lowest BCUT2D eigenvalue weighted by atomic mass is 10.2. The van der Waals surface area contributed by atoms with Crippen molar-refractivity contribution in [3.05, 3.63) is 57.3 Å². The number of ether oxygens (including phenoxy) is 1. The third kappa shape index (κ3) is 4.53. The molecule has 1 aliphatic rings. The fourth-order valence-electron chi connectivity index (χ4n) is 2.71. The van der Waals surface area contributed by atoms with Gasteiger partial charge in [0.15, 0.2) is 6.61 Å². The second kappa shape index (κ2) is 8.33. The Labute approximate surface area is 166 Å². The fraction of sp³-hybridized carbons (Fsp3) is 0.278. The van der Waals surface area contributed by atoms with Crippen LogP contribution in [0.3, 0.4) is 0 Å². The van der Waals surface area contributed by atoms with E-state index in [0.717, 1.165) is 5.69 Å². The zero-order chi connectivity index (χ0) is 18.7. The number of hydrogen-bond donors (Lipinski definition) is 0. The van der Waals surface area contributed by atoms with Gasteiger partial charge in [-0.3, -0.25) is 4.79 Å². The van der Waals surface area contributed by atoms with Crippen LogP contribution in [0.4, 0.5) is 10.1 Å². The van der Waals surface area contributed by atoms with Crippen molar-refractivity contribution in [3.8, 4) is 5.75 Å². The van der Waals surface area contributed by atoms with E-state index < -0.39 is 0 Å². The molecule has 1 saturated heterocycles. The summed E-state index contributed by atoms with van der Waals surface area (Å²) in [5.41, 5.74) is 0.942. The lowest BCUT2D eigenvalue weighted by molar-refractivity contribution is -0.133. The molecule has 0 saturated carbocycles. The summed E-state index contributed by atoms with van der Waals surface area (Å²) in [6.07, 6.45) is 0. The van der Waals surface area contributed by atoms with Gasteiger partial charge in [-0.2, -0.15) is 0 Å². The van der Waals surface area contributed by atoms with E-state index in [4.69, 9.17) is 39.5 Å². The first-order valence-electron chi connectivity index (χ1n) is 7.99. The average molecular weight is 418 g/mol. The molecule has 2 aromatic carbocycles. The van der Waals surface area contributed by atoms with Crippen LogP contribution in [0.25, 0.3) is 0 Å². The molecule has 138 valence electrons. The van der Waals surface area contributed by atoms with Gasteiger partial charge < -0.3 is 14.5 Å². The van der Waals surface area contributed by atoms with Crippen molar-refractivity contribution in [2.75, 3.05) is 37.7 Å². The molecule has 0 spiro atoms. The summed E-state index contributed by atoms with van der Waals surface area (Å²) >= 11 is 17.9. The highest BCUT2D eigenvalue weighted by Crippen LogP contribution is 2.33. The van der Waals surface area contributed by atoms with E-state index >= 15 is 0 Å². The summed E-state index contributed by atoms with van der Waals surface area (Å²) in [4.78, 5) is 16.2. The first-order valence-corrected chi connectivity index (χ1v) is 9.13. The van der Waals surface area contributed by atoms with Gasteiger partial charge in [0.25, 0.3) is 5.91 Å². The molecule has 1 amide bonds. The Hall–Kier alpha value is -1.69. The number of hydrogen-bond acceptors (Lipinski definition) is 3. The normalized spacial score (nSPS) is 14.5. The van der Waals surface area contributed by atoms with Gasteiger partial charge in [0.1, 0.15) is 11.6 Å². The number of carbonyl (C=O) groups excluding carboxylic acids is 1. The smallest absolute Gasteiger partial charge is 0.260 e. The highest BCUT2D eigenvalue weighted by Gasteiger charge is 2.22. The van der Waals surface area contributed by atoms with E-state index in [1.807, 2.05) is 0 Å². The summed E-state index contributed by atoms with van der Waals surface area (Å²) in [5.74, 6) is -0.0778. The number of rotatable bonds is 4. The second-order valence-electron chi connectivity index (χ2n) is 5.83. The minimum atomic E-state index is -0.263. The van der Waals surface area contributed by atoms with Crippen molar-refractivity contribution < 1.29 is 13.9 Å². The minimum absolute atomic E-state index is 0.131. The van der Waals surface area contributed by atoms with E-state index in [-0.39, 0.29) is 18.3 Å². The predicted molar refractivity (Wildman–Crippen MR) is 102 cm³/mol. The zero-order valence-electron chi connectivity index (χ0n) is 13.7. The standard InChI is InChI=1S/C18H16Cl3FN2O2/c19-14-9-16(21)17(10-15(14)20)26-11-18(25)24-7-5-23(6-8-24)13-3-1-12(22)2-4-13/h1-4,9-10H,5-8,11H2. The minimum Gasteiger partial charge on any atom is -0.482 e. The highest BCUT2D eigenvalue weighted by molar-refractivity contribution is 6.43. The maximum absolute atomic E-state index is 13.0. The van der Waals surface area contributed by atoms with Crippen molar-refractivity contribution in [2.45, 2.75) is 0 Å². The number of carbonyl (C=O) groups is 1. The monoisotopic (exact) mass is 416 g/mol. The maximum atomic E-state index is 13.0. The number of benzene rings is 2. The van der Waals surface area contributed by atoms with E-state index in [1.165, 1.54) is 24.3 Å².